The number of nitrogens with one attached hydrogen (secondary N) is 2. The van der Waals surface area contributed by atoms with Gasteiger partial charge in [0.15, 0.2) is 0 Å². The second-order valence-electron chi connectivity index (χ2n) is 5.06. The molecule has 0 radical (unpaired) electrons. The first-order chi connectivity index (χ1) is 10.1. The molecule has 21 heavy (non-hydrogen) atoms. The Morgan fingerprint density at radius 2 is 1.81 bits per heavy atom. The maximum atomic E-state index is 11.3. The van der Waals surface area contributed by atoms with Crippen LogP contribution < -0.4 is 16.2 Å². The summed E-state index contributed by atoms with van der Waals surface area (Å²) in [6.45, 7) is 2.35. The van der Waals surface area contributed by atoms with Gasteiger partial charge in [0.05, 0.1) is 17.1 Å². The van der Waals surface area contributed by atoms with Gasteiger partial charge in [0.1, 0.15) is 12.4 Å². The molecule has 5 heteroatoms. The van der Waals surface area contributed by atoms with Crippen molar-refractivity contribution >= 4 is 11.0 Å². The zero-order valence-corrected chi connectivity index (χ0v) is 11.7. The van der Waals surface area contributed by atoms with Gasteiger partial charge in [-0.3, -0.25) is 0 Å². The van der Waals surface area contributed by atoms with Gasteiger partial charge in [-0.2, -0.15) is 0 Å². The van der Waals surface area contributed by atoms with Crippen LogP contribution >= 0.6 is 0 Å². The molecule has 5 nitrogen and oxygen atoms in total. The average molecular weight is 283 g/mol. The molecule has 0 saturated carbocycles. The topological polar surface area (TPSA) is 83.9 Å². The fourth-order valence-corrected chi connectivity index (χ4v) is 2.40. The zero-order valence-electron chi connectivity index (χ0n) is 11.7. The Labute approximate surface area is 121 Å². The number of aryl methyl sites for hydroxylation is 1. The van der Waals surface area contributed by atoms with Gasteiger partial charge in [0.2, 0.25) is 0 Å². The van der Waals surface area contributed by atoms with Gasteiger partial charge >= 0.3 is 5.69 Å². The number of fused-ring (bicyclic) bond motifs is 1. The van der Waals surface area contributed by atoms with E-state index in [1.807, 2.05) is 49.4 Å². The molecule has 0 aliphatic carbocycles. The third-order valence-corrected chi connectivity index (χ3v) is 3.47. The molecule has 1 unspecified atom stereocenters. The highest BCUT2D eigenvalue weighted by Gasteiger charge is 2.12. The Kier molecular flexibility index (Phi) is 3.50. The van der Waals surface area contributed by atoms with E-state index in [1.165, 1.54) is 0 Å². The van der Waals surface area contributed by atoms with Crippen molar-refractivity contribution < 1.29 is 4.74 Å². The molecule has 0 fully saturated rings. The second-order valence-corrected chi connectivity index (χ2v) is 5.06. The Balaban J connectivity index is 1.82. The van der Waals surface area contributed by atoms with Gasteiger partial charge < -0.3 is 20.4 Å². The van der Waals surface area contributed by atoms with Crippen molar-refractivity contribution in [2.45, 2.75) is 13.0 Å². The lowest BCUT2D eigenvalue weighted by atomic mass is 10.0. The van der Waals surface area contributed by atoms with Crippen molar-refractivity contribution in [1.82, 2.24) is 9.97 Å². The van der Waals surface area contributed by atoms with Crippen molar-refractivity contribution in [2.24, 2.45) is 5.73 Å². The first kappa shape index (κ1) is 13.5. The molecular weight excluding hydrogens is 266 g/mol. The lowest BCUT2D eigenvalue weighted by Gasteiger charge is -2.16. The predicted molar refractivity (Wildman–Crippen MR) is 82.5 cm³/mol. The van der Waals surface area contributed by atoms with E-state index in [1.54, 1.807) is 0 Å². The van der Waals surface area contributed by atoms with Crippen molar-refractivity contribution in [3.8, 4) is 5.75 Å². The summed E-state index contributed by atoms with van der Waals surface area (Å²) >= 11 is 0. The molecular formula is C16H17N3O2. The molecule has 1 aromatic heterocycles. The standard InChI is InChI=1S/C16H17N3O2/c1-10-7-14-15(19-16(20)18-14)8-12(10)13(17)9-21-11-5-3-2-4-6-11/h2-8,13H,9,17H2,1H3,(H2,18,19,20). The smallest absolute Gasteiger partial charge is 0.323 e. The predicted octanol–water partition coefficient (Wildman–Crippen LogP) is 2.24. The molecule has 1 heterocycles. The monoisotopic (exact) mass is 283 g/mol. The van der Waals surface area contributed by atoms with Gasteiger partial charge in [-0.25, -0.2) is 4.79 Å². The number of imidazole rings is 1. The van der Waals surface area contributed by atoms with Crippen LogP contribution in [0.5, 0.6) is 5.75 Å². The summed E-state index contributed by atoms with van der Waals surface area (Å²) in [5, 5.41) is 0. The molecule has 108 valence electrons. The summed E-state index contributed by atoms with van der Waals surface area (Å²) in [6, 6.07) is 13.1. The summed E-state index contributed by atoms with van der Waals surface area (Å²) in [5.74, 6) is 0.793. The quantitative estimate of drug-likeness (QED) is 0.686. The number of rotatable bonds is 4. The number of aromatic nitrogens is 2. The van der Waals surface area contributed by atoms with Crippen molar-refractivity contribution in [3.05, 3.63) is 64.1 Å². The fourth-order valence-electron chi connectivity index (χ4n) is 2.40. The highest BCUT2D eigenvalue weighted by Crippen LogP contribution is 2.21. The Morgan fingerprint density at radius 1 is 1.14 bits per heavy atom. The van der Waals surface area contributed by atoms with E-state index in [0.29, 0.717) is 6.61 Å². The Bertz CT molecular complexity index is 805. The minimum Gasteiger partial charge on any atom is -0.492 e. The molecule has 2 aromatic carbocycles. The van der Waals surface area contributed by atoms with Crippen LogP contribution in [0.4, 0.5) is 0 Å². The van der Waals surface area contributed by atoms with Gasteiger partial charge in [0.25, 0.3) is 0 Å². The van der Waals surface area contributed by atoms with Crippen LogP contribution in [0.1, 0.15) is 17.2 Å². The number of H-pyrrole nitrogens is 2. The van der Waals surface area contributed by atoms with Gasteiger partial charge in [0, 0.05) is 0 Å². The first-order valence-corrected chi connectivity index (χ1v) is 6.79. The normalized spacial score (nSPS) is 12.5. The summed E-state index contributed by atoms with van der Waals surface area (Å²) in [7, 11) is 0. The Hall–Kier alpha value is -2.53. The molecule has 4 N–H and O–H groups in total. The van der Waals surface area contributed by atoms with Crippen LogP contribution in [-0.2, 0) is 0 Å². The van der Waals surface area contributed by atoms with Crippen LogP contribution in [0.15, 0.2) is 47.3 Å². The third kappa shape index (κ3) is 2.83. The molecule has 0 bridgehead atoms. The van der Waals surface area contributed by atoms with E-state index in [-0.39, 0.29) is 11.7 Å². The maximum absolute atomic E-state index is 11.3. The maximum Gasteiger partial charge on any atom is 0.323 e. The van der Waals surface area contributed by atoms with E-state index < -0.39 is 0 Å². The summed E-state index contributed by atoms with van der Waals surface area (Å²) in [4.78, 5) is 16.8. The van der Waals surface area contributed by atoms with Gasteiger partial charge in [-0.15, -0.1) is 0 Å². The number of para-hydroxylation sites is 1. The number of aromatic amines is 2. The fraction of sp³-hybridized carbons (Fsp3) is 0.188. The molecule has 3 rings (SSSR count). The van der Waals surface area contributed by atoms with Crippen LogP contribution in [-0.4, -0.2) is 16.6 Å². The highest BCUT2D eigenvalue weighted by molar-refractivity contribution is 5.76. The number of ether oxygens (including phenoxy) is 1. The molecule has 0 amide bonds. The summed E-state index contributed by atoms with van der Waals surface area (Å²) in [5.41, 5.74) is 9.55. The minimum absolute atomic E-state index is 0.212. The van der Waals surface area contributed by atoms with Crippen LogP contribution in [0.2, 0.25) is 0 Å². The minimum atomic E-state index is -0.256. The Morgan fingerprint density at radius 3 is 2.52 bits per heavy atom. The average Bonchev–Trinajstić information content (AvgIpc) is 2.84. The molecule has 3 aromatic rings. The highest BCUT2D eigenvalue weighted by atomic mass is 16.5. The largest absolute Gasteiger partial charge is 0.492 e. The molecule has 0 spiro atoms. The van der Waals surface area contributed by atoms with E-state index in [0.717, 1.165) is 27.9 Å². The third-order valence-electron chi connectivity index (χ3n) is 3.47. The van der Waals surface area contributed by atoms with E-state index in [9.17, 15) is 4.79 Å². The number of nitrogens with two attached hydrogens (primary N) is 1. The number of benzene rings is 2. The first-order valence-electron chi connectivity index (χ1n) is 6.79. The van der Waals surface area contributed by atoms with Crippen molar-refractivity contribution in [2.75, 3.05) is 6.61 Å². The van der Waals surface area contributed by atoms with E-state index in [2.05, 4.69) is 9.97 Å². The molecule has 0 aliphatic rings. The van der Waals surface area contributed by atoms with Crippen LogP contribution in [0.3, 0.4) is 0 Å². The summed E-state index contributed by atoms with van der Waals surface area (Å²) in [6.07, 6.45) is 0. The van der Waals surface area contributed by atoms with E-state index in [4.69, 9.17) is 10.5 Å². The number of hydrogen-bond donors (Lipinski definition) is 3. The van der Waals surface area contributed by atoms with E-state index >= 15 is 0 Å². The van der Waals surface area contributed by atoms with Gasteiger partial charge in [-0.1, -0.05) is 18.2 Å². The van der Waals surface area contributed by atoms with Gasteiger partial charge in [-0.05, 0) is 42.3 Å². The number of hydrogen-bond acceptors (Lipinski definition) is 3. The lowest BCUT2D eigenvalue weighted by molar-refractivity contribution is 0.290. The molecule has 1 atom stereocenters. The molecule has 0 aliphatic heterocycles. The lowest BCUT2D eigenvalue weighted by Crippen LogP contribution is -2.20. The molecule has 0 saturated heterocycles. The zero-order chi connectivity index (χ0) is 14.8. The van der Waals surface area contributed by atoms with Crippen molar-refractivity contribution in [1.29, 1.82) is 0 Å². The van der Waals surface area contributed by atoms with Crippen molar-refractivity contribution in [3.63, 3.8) is 0 Å². The SMILES string of the molecule is Cc1cc2[nH]c(=O)[nH]c2cc1C(N)COc1ccccc1. The second kappa shape index (κ2) is 5.46. The van der Waals surface area contributed by atoms with Crippen LogP contribution in [0, 0.1) is 6.92 Å². The van der Waals surface area contributed by atoms with Crippen LogP contribution in [0.25, 0.3) is 11.0 Å². The summed E-state index contributed by atoms with van der Waals surface area (Å²) < 4.78 is 5.69.